The minimum absolute atomic E-state index is 0.315. The predicted octanol–water partition coefficient (Wildman–Crippen LogP) is 1.15. The summed E-state index contributed by atoms with van der Waals surface area (Å²) in [5.41, 5.74) is 0.684. The lowest BCUT2D eigenvalue weighted by Crippen LogP contribution is -2.25. The van der Waals surface area contributed by atoms with Crippen molar-refractivity contribution in [3.05, 3.63) is 24.3 Å². The topological polar surface area (TPSA) is 70.2 Å². The lowest BCUT2D eigenvalue weighted by molar-refractivity contribution is 0.587. The summed E-state index contributed by atoms with van der Waals surface area (Å²) in [6.07, 6.45) is 3.17. The van der Waals surface area contributed by atoms with E-state index in [0.717, 1.165) is 32.4 Å². The zero-order chi connectivity index (χ0) is 13.7. The average molecular weight is 283 g/mol. The molecular formula is C13H21N3O2S. The van der Waals surface area contributed by atoms with E-state index in [1.54, 1.807) is 12.1 Å². The quantitative estimate of drug-likeness (QED) is 0.775. The van der Waals surface area contributed by atoms with Crippen molar-refractivity contribution in [1.29, 1.82) is 0 Å². The van der Waals surface area contributed by atoms with Crippen LogP contribution in [0.2, 0.25) is 0 Å². The normalized spacial score (nSPS) is 20.8. The number of nitrogens with one attached hydrogen (secondary N) is 3. The molecule has 1 unspecified atom stereocenters. The van der Waals surface area contributed by atoms with E-state index in [2.05, 4.69) is 15.4 Å². The molecule has 2 rings (SSSR count). The summed E-state index contributed by atoms with van der Waals surface area (Å²) in [6, 6.07) is 7.37. The van der Waals surface area contributed by atoms with Crippen molar-refractivity contribution in [3.63, 3.8) is 0 Å². The van der Waals surface area contributed by atoms with E-state index >= 15 is 0 Å². The van der Waals surface area contributed by atoms with E-state index in [4.69, 9.17) is 0 Å². The van der Waals surface area contributed by atoms with Gasteiger partial charge in [-0.1, -0.05) is 12.1 Å². The number of benzene rings is 1. The SMILES string of the molecule is CNS(=O)(=O)c1ccccc1NC1CCCNCC1. The molecule has 5 nitrogen and oxygen atoms in total. The number of para-hydroxylation sites is 1. The van der Waals surface area contributed by atoms with Gasteiger partial charge < -0.3 is 10.6 Å². The third kappa shape index (κ3) is 3.68. The predicted molar refractivity (Wildman–Crippen MR) is 76.8 cm³/mol. The van der Waals surface area contributed by atoms with Gasteiger partial charge in [-0.2, -0.15) is 0 Å². The minimum Gasteiger partial charge on any atom is -0.381 e. The van der Waals surface area contributed by atoms with Gasteiger partial charge in [0.15, 0.2) is 0 Å². The molecule has 1 fully saturated rings. The Hall–Kier alpha value is -1.11. The molecule has 106 valence electrons. The zero-order valence-corrected chi connectivity index (χ0v) is 12.0. The Kier molecular flexibility index (Phi) is 4.79. The van der Waals surface area contributed by atoms with Gasteiger partial charge in [-0.25, -0.2) is 13.1 Å². The van der Waals surface area contributed by atoms with Crippen LogP contribution in [0, 0.1) is 0 Å². The van der Waals surface area contributed by atoms with Gasteiger partial charge in [0.1, 0.15) is 4.90 Å². The van der Waals surface area contributed by atoms with Gasteiger partial charge in [0, 0.05) is 6.04 Å². The van der Waals surface area contributed by atoms with Gasteiger partial charge in [0.2, 0.25) is 10.0 Å². The number of anilines is 1. The molecule has 1 saturated heterocycles. The van der Waals surface area contributed by atoms with Crippen LogP contribution in [0.3, 0.4) is 0 Å². The highest BCUT2D eigenvalue weighted by Crippen LogP contribution is 2.23. The van der Waals surface area contributed by atoms with E-state index in [1.165, 1.54) is 7.05 Å². The molecule has 1 heterocycles. The van der Waals surface area contributed by atoms with Crippen molar-refractivity contribution < 1.29 is 8.42 Å². The van der Waals surface area contributed by atoms with Crippen LogP contribution < -0.4 is 15.4 Å². The minimum atomic E-state index is -3.42. The van der Waals surface area contributed by atoms with Crippen molar-refractivity contribution in [2.75, 3.05) is 25.5 Å². The number of rotatable bonds is 4. The van der Waals surface area contributed by atoms with Crippen LogP contribution in [-0.2, 0) is 10.0 Å². The number of hydrogen-bond donors (Lipinski definition) is 3. The Labute approximate surface area is 114 Å². The fraction of sp³-hybridized carbons (Fsp3) is 0.538. The molecule has 1 aromatic carbocycles. The first kappa shape index (κ1) is 14.3. The average Bonchev–Trinajstić information content (AvgIpc) is 2.68. The molecule has 6 heteroatoms. The summed E-state index contributed by atoms with van der Waals surface area (Å²) in [5, 5.41) is 6.72. The van der Waals surface area contributed by atoms with E-state index in [9.17, 15) is 8.42 Å². The fourth-order valence-electron chi connectivity index (χ4n) is 2.31. The van der Waals surface area contributed by atoms with Gasteiger partial charge in [-0.15, -0.1) is 0 Å². The Morgan fingerprint density at radius 3 is 2.79 bits per heavy atom. The second-order valence-corrected chi connectivity index (χ2v) is 6.58. The molecule has 0 aromatic heterocycles. The number of hydrogen-bond acceptors (Lipinski definition) is 4. The lowest BCUT2D eigenvalue weighted by Gasteiger charge is -2.19. The maximum atomic E-state index is 12.0. The van der Waals surface area contributed by atoms with Crippen LogP contribution in [0.25, 0.3) is 0 Å². The molecule has 1 aromatic rings. The van der Waals surface area contributed by atoms with Gasteiger partial charge in [-0.3, -0.25) is 0 Å². The van der Waals surface area contributed by atoms with Crippen LogP contribution in [0.5, 0.6) is 0 Å². The smallest absolute Gasteiger partial charge is 0.242 e. The highest BCUT2D eigenvalue weighted by molar-refractivity contribution is 7.89. The van der Waals surface area contributed by atoms with Crippen LogP contribution in [0.15, 0.2) is 29.2 Å². The van der Waals surface area contributed by atoms with E-state index in [1.807, 2.05) is 12.1 Å². The van der Waals surface area contributed by atoms with E-state index < -0.39 is 10.0 Å². The summed E-state index contributed by atoms with van der Waals surface area (Å²) in [4.78, 5) is 0.315. The van der Waals surface area contributed by atoms with E-state index in [-0.39, 0.29) is 0 Å². The summed E-state index contributed by atoms with van der Waals surface area (Å²) >= 11 is 0. The molecule has 0 aliphatic carbocycles. The van der Waals surface area contributed by atoms with Crippen LogP contribution in [0.4, 0.5) is 5.69 Å². The first-order chi connectivity index (χ1) is 9.13. The monoisotopic (exact) mass is 283 g/mol. The Balaban J connectivity index is 2.20. The first-order valence-electron chi connectivity index (χ1n) is 6.63. The van der Waals surface area contributed by atoms with Crippen molar-refractivity contribution in [2.45, 2.75) is 30.2 Å². The van der Waals surface area contributed by atoms with Crippen molar-refractivity contribution in [3.8, 4) is 0 Å². The second kappa shape index (κ2) is 6.36. The maximum Gasteiger partial charge on any atom is 0.242 e. The zero-order valence-electron chi connectivity index (χ0n) is 11.1. The molecule has 0 bridgehead atoms. The molecule has 1 aliphatic rings. The van der Waals surface area contributed by atoms with Gasteiger partial charge >= 0.3 is 0 Å². The number of sulfonamides is 1. The highest BCUT2D eigenvalue weighted by Gasteiger charge is 2.18. The van der Waals surface area contributed by atoms with Crippen LogP contribution >= 0.6 is 0 Å². The fourth-order valence-corrected chi connectivity index (χ4v) is 3.21. The molecule has 0 radical (unpaired) electrons. The lowest BCUT2D eigenvalue weighted by atomic mass is 10.1. The third-order valence-corrected chi connectivity index (χ3v) is 4.85. The second-order valence-electron chi connectivity index (χ2n) is 4.73. The van der Waals surface area contributed by atoms with E-state index in [0.29, 0.717) is 16.6 Å². The molecule has 0 spiro atoms. The standard InChI is InChI=1S/C13H21N3O2S/c1-14-19(17,18)13-7-3-2-6-12(13)16-11-5-4-9-15-10-8-11/h2-3,6-7,11,14-16H,4-5,8-10H2,1H3. The van der Waals surface area contributed by atoms with Gasteiger partial charge in [0.25, 0.3) is 0 Å². The Bertz CT molecular complexity index is 508. The Morgan fingerprint density at radius 2 is 2.00 bits per heavy atom. The summed E-state index contributed by atoms with van der Waals surface area (Å²) < 4.78 is 26.3. The first-order valence-corrected chi connectivity index (χ1v) is 8.11. The van der Waals surface area contributed by atoms with Crippen LogP contribution in [0.1, 0.15) is 19.3 Å². The van der Waals surface area contributed by atoms with Gasteiger partial charge in [-0.05, 0) is 51.5 Å². The highest BCUT2D eigenvalue weighted by atomic mass is 32.2. The van der Waals surface area contributed by atoms with Crippen molar-refractivity contribution in [2.24, 2.45) is 0 Å². The molecule has 1 atom stereocenters. The molecular weight excluding hydrogens is 262 g/mol. The van der Waals surface area contributed by atoms with Crippen LogP contribution in [-0.4, -0.2) is 34.6 Å². The summed E-state index contributed by atoms with van der Waals surface area (Å²) in [5.74, 6) is 0. The largest absolute Gasteiger partial charge is 0.381 e. The molecule has 0 amide bonds. The summed E-state index contributed by atoms with van der Waals surface area (Å²) in [7, 11) is -1.98. The molecule has 1 aliphatic heterocycles. The van der Waals surface area contributed by atoms with Crippen molar-refractivity contribution in [1.82, 2.24) is 10.0 Å². The van der Waals surface area contributed by atoms with Crippen molar-refractivity contribution >= 4 is 15.7 Å². The molecule has 3 N–H and O–H groups in total. The third-order valence-electron chi connectivity index (χ3n) is 3.38. The molecule has 19 heavy (non-hydrogen) atoms. The summed E-state index contributed by atoms with van der Waals surface area (Å²) in [6.45, 7) is 2.01. The maximum absolute atomic E-state index is 12.0. The molecule has 0 saturated carbocycles. The Morgan fingerprint density at radius 1 is 1.21 bits per heavy atom. The van der Waals surface area contributed by atoms with Gasteiger partial charge in [0.05, 0.1) is 5.69 Å².